The first-order valence-corrected chi connectivity index (χ1v) is 7.17. The molecule has 2 nitrogen and oxygen atoms in total. The first kappa shape index (κ1) is 11.2. The highest BCUT2D eigenvalue weighted by atomic mass is 32.9. The van der Waals surface area contributed by atoms with Gasteiger partial charge in [-0.15, -0.1) is 0 Å². The van der Waals surface area contributed by atoms with Crippen LogP contribution in [0.2, 0.25) is 0 Å². The van der Waals surface area contributed by atoms with E-state index in [2.05, 4.69) is 17.1 Å². The van der Waals surface area contributed by atoms with E-state index >= 15 is 0 Å². The molecular weight excluding hydrogens is 238 g/mol. The Balaban J connectivity index is 2.34. The number of hydrogen-bond acceptors (Lipinski definition) is 3. The monoisotopic (exact) mass is 249 g/mol. The summed E-state index contributed by atoms with van der Waals surface area (Å²) in [6.45, 7) is 1.82. The van der Waals surface area contributed by atoms with Gasteiger partial charge in [0.25, 0.3) is 0 Å². The van der Waals surface area contributed by atoms with E-state index in [0.29, 0.717) is 6.42 Å². The van der Waals surface area contributed by atoms with Crippen LogP contribution in [0.4, 0.5) is 0 Å². The molecular formula is C12H11NOS2. The molecule has 0 saturated carbocycles. The van der Waals surface area contributed by atoms with E-state index in [0.717, 1.165) is 9.55 Å². The third kappa shape index (κ3) is 2.65. The molecule has 0 aliphatic rings. The maximum atomic E-state index is 11.2. The molecule has 0 aliphatic carbocycles. The van der Waals surface area contributed by atoms with Crippen LogP contribution >= 0.6 is 20.7 Å². The number of benzene rings is 1. The van der Waals surface area contributed by atoms with Crippen LogP contribution < -0.4 is 4.67 Å². The second-order valence-electron chi connectivity index (χ2n) is 3.24. The van der Waals surface area contributed by atoms with Crippen molar-refractivity contribution in [1.29, 1.82) is 0 Å². The van der Waals surface area contributed by atoms with Crippen LogP contribution in [0.15, 0.2) is 41.4 Å². The van der Waals surface area contributed by atoms with Crippen molar-refractivity contribution < 1.29 is 4.79 Å². The van der Waals surface area contributed by atoms with E-state index in [1.54, 1.807) is 20.7 Å². The normalized spacial score (nSPS) is 11.7. The summed E-state index contributed by atoms with van der Waals surface area (Å²) in [7, 11) is 3.19. The summed E-state index contributed by atoms with van der Waals surface area (Å²) in [6.07, 6.45) is 0.462. The molecule has 82 valence electrons. The number of nitrogens with zero attached hydrogens (tertiary/aromatic N) is 1. The Hall–Kier alpha value is -1.26. The van der Waals surface area contributed by atoms with Crippen molar-refractivity contribution >= 4 is 26.6 Å². The van der Waals surface area contributed by atoms with Gasteiger partial charge < -0.3 is 0 Å². The van der Waals surface area contributed by atoms with Crippen molar-refractivity contribution in [3.63, 3.8) is 0 Å². The molecule has 2 rings (SSSR count). The van der Waals surface area contributed by atoms with Crippen LogP contribution in [-0.2, 0) is 4.79 Å². The van der Waals surface area contributed by atoms with Crippen molar-refractivity contribution in [2.24, 2.45) is 4.99 Å². The Morgan fingerprint density at radius 3 is 2.69 bits per heavy atom. The van der Waals surface area contributed by atoms with Gasteiger partial charge in [0.2, 0.25) is 5.91 Å². The minimum absolute atomic E-state index is 0.0614. The third-order valence-electron chi connectivity index (χ3n) is 2.07. The maximum Gasteiger partial charge on any atom is 0.246 e. The van der Waals surface area contributed by atoms with Crippen LogP contribution in [0.5, 0.6) is 0 Å². The van der Waals surface area contributed by atoms with Crippen LogP contribution in [0, 0.1) is 0 Å². The first-order chi connectivity index (χ1) is 7.79. The molecule has 2 aromatic rings. The van der Waals surface area contributed by atoms with E-state index in [-0.39, 0.29) is 5.91 Å². The lowest BCUT2D eigenvalue weighted by Crippen LogP contribution is -1.98. The molecule has 0 N–H and O–H groups in total. The van der Waals surface area contributed by atoms with Crippen LogP contribution in [0.25, 0.3) is 10.4 Å². The Morgan fingerprint density at radius 2 is 2.00 bits per heavy atom. The predicted molar refractivity (Wildman–Crippen MR) is 68.5 cm³/mol. The van der Waals surface area contributed by atoms with Gasteiger partial charge in [0.15, 0.2) is 0 Å². The molecule has 0 radical (unpaired) electrons. The van der Waals surface area contributed by atoms with Gasteiger partial charge in [-0.25, -0.2) is 4.99 Å². The number of rotatable bonds is 2. The molecule has 0 saturated heterocycles. The van der Waals surface area contributed by atoms with E-state index < -0.39 is 0 Å². The number of carbonyl (C=O) groups is 1. The van der Waals surface area contributed by atoms with Crippen molar-refractivity contribution in [3.05, 3.63) is 41.1 Å². The quantitative estimate of drug-likeness (QED) is 0.751. The lowest BCUT2D eigenvalue weighted by Gasteiger charge is -1.92. The Bertz CT molecular complexity index is 539. The zero-order valence-corrected chi connectivity index (χ0v) is 10.5. The summed E-state index contributed by atoms with van der Waals surface area (Å²) in [5.74, 6) is -0.0614. The minimum Gasteiger partial charge on any atom is -0.273 e. The number of hydrogen-bond donors (Lipinski definition) is 0. The van der Waals surface area contributed by atoms with Gasteiger partial charge in [0.1, 0.15) is 4.67 Å². The summed E-state index contributed by atoms with van der Waals surface area (Å²) in [6, 6.07) is 12.1. The maximum absolute atomic E-state index is 11.2. The van der Waals surface area contributed by atoms with Gasteiger partial charge in [-0.3, -0.25) is 4.79 Å². The standard InChI is InChI=1S/C12H11NOS2/c1-2-11(14)13-12-8-10(15-16-12)9-6-4-3-5-7-9/h3-8H,2H2,1H3. The molecule has 1 aromatic carbocycles. The van der Waals surface area contributed by atoms with Gasteiger partial charge in [-0.05, 0) is 11.6 Å². The van der Waals surface area contributed by atoms with Crippen molar-refractivity contribution in [2.45, 2.75) is 13.3 Å². The molecule has 4 heteroatoms. The molecule has 16 heavy (non-hydrogen) atoms. The fourth-order valence-corrected chi connectivity index (χ4v) is 3.40. The molecule has 0 fully saturated rings. The molecule has 0 unspecified atom stereocenters. The zero-order chi connectivity index (χ0) is 11.4. The van der Waals surface area contributed by atoms with Crippen LogP contribution in [-0.4, -0.2) is 5.91 Å². The second-order valence-corrected chi connectivity index (χ2v) is 5.43. The van der Waals surface area contributed by atoms with Crippen molar-refractivity contribution in [2.75, 3.05) is 0 Å². The second kappa shape index (κ2) is 5.18. The summed E-state index contributed by atoms with van der Waals surface area (Å²) in [5.41, 5.74) is 1.18. The van der Waals surface area contributed by atoms with Crippen molar-refractivity contribution in [3.8, 4) is 10.4 Å². The molecule has 0 aliphatic heterocycles. The summed E-state index contributed by atoms with van der Waals surface area (Å²) in [5, 5.41) is 0. The Labute approximate surface area is 101 Å². The van der Waals surface area contributed by atoms with Gasteiger partial charge in [0.05, 0.1) is 0 Å². The first-order valence-electron chi connectivity index (χ1n) is 5.02. The average molecular weight is 249 g/mol. The number of carbonyl (C=O) groups excluding carboxylic acids is 1. The SMILES string of the molecule is CCC(=O)N=c1cc(-c2ccccc2)ss1. The minimum atomic E-state index is -0.0614. The van der Waals surface area contributed by atoms with Gasteiger partial charge in [-0.2, -0.15) is 0 Å². The third-order valence-corrected chi connectivity index (χ3v) is 4.36. The van der Waals surface area contributed by atoms with Crippen molar-refractivity contribution in [1.82, 2.24) is 0 Å². The van der Waals surface area contributed by atoms with E-state index in [1.807, 2.05) is 31.2 Å². The largest absolute Gasteiger partial charge is 0.273 e. The lowest BCUT2D eigenvalue weighted by molar-refractivity contribution is -0.117. The molecule has 1 amide bonds. The fraction of sp³-hybridized carbons (Fsp3) is 0.167. The van der Waals surface area contributed by atoms with Gasteiger partial charge >= 0.3 is 0 Å². The Morgan fingerprint density at radius 1 is 1.25 bits per heavy atom. The highest BCUT2D eigenvalue weighted by molar-refractivity contribution is 7.69. The van der Waals surface area contributed by atoms with E-state index in [1.165, 1.54) is 5.56 Å². The summed E-state index contributed by atoms with van der Waals surface area (Å²) >= 11 is 0. The fourth-order valence-electron chi connectivity index (χ4n) is 1.23. The zero-order valence-electron chi connectivity index (χ0n) is 8.84. The molecule has 0 bridgehead atoms. The molecule has 1 heterocycles. The molecule has 0 spiro atoms. The number of amides is 1. The van der Waals surface area contributed by atoms with Gasteiger partial charge in [0, 0.05) is 11.3 Å². The lowest BCUT2D eigenvalue weighted by atomic mass is 10.2. The highest BCUT2D eigenvalue weighted by Gasteiger charge is 2.00. The predicted octanol–water partition coefficient (Wildman–Crippen LogP) is 3.31. The van der Waals surface area contributed by atoms with Crippen LogP contribution in [0.3, 0.4) is 0 Å². The topological polar surface area (TPSA) is 29.4 Å². The Kier molecular flexibility index (Phi) is 3.64. The highest BCUT2D eigenvalue weighted by Crippen LogP contribution is 2.24. The van der Waals surface area contributed by atoms with Gasteiger partial charge in [-0.1, -0.05) is 57.9 Å². The summed E-state index contributed by atoms with van der Waals surface area (Å²) < 4.78 is 0.802. The van der Waals surface area contributed by atoms with E-state index in [4.69, 9.17) is 0 Å². The summed E-state index contributed by atoms with van der Waals surface area (Å²) in [4.78, 5) is 16.3. The van der Waals surface area contributed by atoms with Crippen LogP contribution in [0.1, 0.15) is 13.3 Å². The van der Waals surface area contributed by atoms with E-state index in [9.17, 15) is 4.79 Å². The molecule has 0 atom stereocenters. The average Bonchev–Trinajstić information content (AvgIpc) is 2.78. The molecule has 1 aromatic heterocycles. The smallest absolute Gasteiger partial charge is 0.246 e.